The predicted octanol–water partition coefficient (Wildman–Crippen LogP) is 9.64. The van der Waals surface area contributed by atoms with E-state index in [1.165, 1.54) is 11.7 Å². The zero-order chi connectivity index (χ0) is 30.3. The van der Waals surface area contributed by atoms with Gasteiger partial charge in [0.1, 0.15) is 33.1 Å². The van der Waals surface area contributed by atoms with Crippen LogP contribution in [0.3, 0.4) is 0 Å². The third kappa shape index (κ3) is 4.93. The van der Waals surface area contributed by atoms with Crippen molar-refractivity contribution in [2.75, 3.05) is 0 Å². The van der Waals surface area contributed by atoms with Gasteiger partial charge in [0.15, 0.2) is 5.70 Å². The molecular formula is C32H14N8S5. The maximum absolute atomic E-state index is 9.97. The van der Waals surface area contributed by atoms with E-state index in [0.29, 0.717) is 11.3 Å². The Hall–Kier alpha value is -5.02. The number of rotatable bonds is 6. The zero-order valence-electron chi connectivity index (χ0n) is 22.7. The molecule has 0 saturated carbocycles. The molecule has 0 N–H and O–H groups in total. The summed E-state index contributed by atoms with van der Waals surface area (Å²) in [5.74, 6) is 0. The molecule has 0 spiro atoms. The molecule has 45 heavy (non-hydrogen) atoms. The summed E-state index contributed by atoms with van der Waals surface area (Å²) >= 11 is 6.69. The lowest BCUT2D eigenvalue weighted by Crippen LogP contribution is -1.84. The third-order valence-electron chi connectivity index (χ3n) is 7.14. The number of hydrogen-bond donors (Lipinski definition) is 0. The molecule has 5 heterocycles. The normalized spacial score (nSPS) is 12.2. The molecule has 13 heteroatoms. The van der Waals surface area contributed by atoms with E-state index < -0.39 is 0 Å². The van der Waals surface area contributed by atoms with E-state index in [1.54, 1.807) is 22.7 Å². The lowest BCUT2D eigenvalue weighted by Gasteiger charge is -2.03. The van der Waals surface area contributed by atoms with Crippen molar-refractivity contribution < 1.29 is 0 Å². The van der Waals surface area contributed by atoms with Crippen LogP contribution in [0.25, 0.3) is 82.2 Å². The molecule has 0 bridgehead atoms. The van der Waals surface area contributed by atoms with Crippen LogP contribution in [-0.2, 0) is 0 Å². The molecule has 0 aliphatic heterocycles. The molecule has 0 amide bonds. The standard InChI is InChI=1S/C32H14N8S5/c1-34-26(21-5-3-7-25-30(21)38-44-36-25)15-19-9-13-28(42-19)23-11-10-22(31-32(23)40-45-39-31)27-12-8-18(41-27)14-17(16-33)20-4-2-6-24-29(20)37-43-35-24/h2-15H/b17-14+,26-15-. The van der Waals surface area contributed by atoms with Crippen molar-refractivity contribution in [2.45, 2.75) is 0 Å². The van der Waals surface area contributed by atoms with Gasteiger partial charge in [0.25, 0.3) is 0 Å². The molecule has 0 fully saturated rings. The van der Waals surface area contributed by atoms with Crippen LogP contribution in [0, 0.1) is 17.9 Å². The largest absolute Gasteiger partial charge is 0.237 e. The number of nitriles is 1. The summed E-state index contributed by atoms with van der Waals surface area (Å²) in [6.07, 6.45) is 3.80. The second-order valence-electron chi connectivity index (χ2n) is 9.71. The van der Waals surface area contributed by atoms with E-state index in [2.05, 4.69) is 61.4 Å². The Morgan fingerprint density at radius 1 is 0.622 bits per heavy atom. The van der Waals surface area contributed by atoms with Crippen LogP contribution in [0.2, 0.25) is 0 Å². The van der Waals surface area contributed by atoms with Crippen LogP contribution in [0.1, 0.15) is 20.9 Å². The molecule has 8 aromatic rings. The first-order valence-corrected chi connectivity index (χ1v) is 17.1. The van der Waals surface area contributed by atoms with Crippen LogP contribution < -0.4 is 0 Å². The van der Waals surface area contributed by atoms with Crippen LogP contribution in [-0.4, -0.2) is 26.2 Å². The Labute approximate surface area is 276 Å². The molecule has 5 aromatic heterocycles. The van der Waals surface area contributed by atoms with Crippen molar-refractivity contribution in [3.05, 3.63) is 105 Å². The van der Waals surface area contributed by atoms with Gasteiger partial charge >= 0.3 is 0 Å². The predicted molar refractivity (Wildman–Crippen MR) is 187 cm³/mol. The van der Waals surface area contributed by atoms with Gasteiger partial charge in [-0.3, -0.25) is 0 Å². The van der Waals surface area contributed by atoms with E-state index in [0.717, 1.165) is 98.3 Å². The first-order valence-electron chi connectivity index (χ1n) is 13.3. The number of allylic oxidation sites excluding steroid dienone is 1. The fourth-order valence-corrected chi connectivity index (χ4v) is 8.69. The molecule has 0 aliphatic rings. The van der Waals surface area contributed by atoms with Crippen LogP contribution >= 0.6 is 57.9 Å². The molecule has 3 aromatic carbocycles. The number of aromatic nitrogens is 6. The minimum absolute atomic E-state index is 0.527. The van der Waals surface area contributed by atoms with Gasteiger partial charge in [-0.25, -0.2) is 4.85 Å². The Balaban J connectivity index is 1.12. The third-order valence-corrected chi connectivity index (χ3v) is 10.9. The topological polar surface area (TPSA) is 105 Å². The van der Waals surface area contributed by atoms with Crippen molar-refractivity contribution in [1.29, 1.82) is 5.26 Å². The van der Waals surface area contributed by atoms with Crippen molar-refractivity contribution in [3.63, 3.8) is 0 Å². The summed E-state index contributed by atoms with van der Waals surface area (Å²) in [6, 6.07) is 26.1. The summed E-state index contributed by atoms with van der Waals surface area (Å²) in [5, 5.41) is 9.97. The van der Waals surface area contributed by atoms with E-state index in [4.69, 9.17) is 6.57 Å². The second-order valence-corrected chi connectivity index (χ2v) is 13.5. The van der Waals surface area contributed by atoms with Gasteiger partial charge in [-0.2, -0.15) is 31.5 Å². The van der Waals surface area contributed by atoms with E-state index in [1.807, 2.05) is 60.7 Å². The molecule has 8 rings (SSSR count). The first kappa shape index (κ1) is 27.5. The first-order chi connectivity index (χ1) is 22.2. The summed E-state index contributed by atoms with van der Waals surface area (Å²) in [5.41, 5.74) is 9.37. The summed E-state index contributed by atoms with van der Waals surface area (Å²) in [4.78, 5) is 7.81. The number of fused-ring (bicyclic) bond motifs is 3. The van der Waals surface area contributed by atoms with Gasteiger partial charge in [0, 0.05) is 41.8 Å². The number of nitrogens with zero attached hydrogens (tertiary/aromatic N) is 8. The van der Waals surface area contributed by atoms with Gasteiger partial charge in [-0.15, -0.1) is 22.7 Å². The fraction of sp³-hybridized carbons (Fsp3) is 0. The van der Waals surface area contributed by atoms with E-state index in [-0.39, 0.29) is 0 Å². The average molecular weight is 671 g/mol. The molecule has 0 atom stereocenters. The highest BCUT2D eigenvalue weighted by Crippen LogP contribution is 2.41. The quantitative estimate of drug-likeness (QED) is 0.128. The van der Waals surface area contributed by atoms with Gasteiger partial charge in [-0.1, -0.05) is 36.4 Å². The zero-order valence-corrected chi connectivity index (χ0v) is 26.8. The van der Waals surface area contributed by atoms with E-state index >= 15 is 0 Å². The minimum Gasteiger partial charge on any atom is -0.237 e. The minimum atomic E-state index is 0.527. The molecule has 212 valence electrons. The maximum Gasteiger partial charge on any atom is 0.197 e. The summed E-state index contributed by atoms with van der Waals surface area (Å²) in [7, 11) is 0. The lowest BCUT2D eigenvalue weighted by molar-refractivity contribution is 1.52. The summed E-state index contributed by atoms with van der Waals surface area (Å²) < 4.78 is 26.8. The highest BCUT2D eigenvalue weighted by Gasteiger charge is 2.17. The smallest absolute Gasteiger partial charge is 0.197 e. The molecular weight excluding hydrogens is 657 g/mol. The van der Waals surface area contributed by atoms with Gasteiger partial charge in [0.2, 0.25) is 0 Å². The number of thiophene rings is 2. The molecule has 8 nitrogen and oxygen atoms in total. The van der Waals surface area contributed by atoms with Gasteiger partial charge in [-0.05, 0) is 48.6 Å². The Morgan fingerprint density at radius 3 is 1.76 bits per heavy atom. The highest BCUT2D eigenvalue weighted by molar-refractivity contribution is 7.17. The van der Waals surface area contributed by atoms with Crippen molar-refractivity contribution in [1.82, 2.24) is 26.2 Å². The van der Waals surface area contributed by atoms with Crippen LogP contribution in [0.5, 0.6) is 0 Å². The van der Waals surface area contributed by atoms with E-state index in [9.17, 15) is 5.26 Å². The van der Waals surface area contributed by atoms with Crippen LogP contribution in [0.15, 0.2) is 72.8 Å². The Kier molecular flexibility index (Phi) is 7.02. The molecule has 0 unspecified atom stereocenters. The monoisotopic (exact) mass is 670 g/mol. The van der Waals surface area contributed by atoms with Crippen molar-refractivity contribution in [3.8, 4) is 27.0 Å². The number of hydrogen-bond acceptors (Lipinski definition) is 12. The Morgan fingerprint density at radius 2 is 1.16 bits per heavy atom. The molecule has 0 radical (unpaired) electrons. The van der Waals surface area contributed by atoms with Crippen LogP contribution in [0.4, 0.5) is 0 Å². The molecule has 0 aliphatic carbocycles. The number of benzene rings is 3. The van der Waals surface area contributed by atoms with Crippen molar-refractivity contribution in [2.24, 2.45) is 0 Å². The molecule has 0 saturated heterocycles. The average Bonchev–Trinajstić information content (AvgIpc) is 3.91. The van der Waals surface area contributed by atoms with Crippen molar-refractivity contribution >= 4 is 114 Å². The lowest BCUT2D eigenvalue weighted by atomic mass is 10.0. The van der Waals surface area contributed by atoms with Gasteiger partial charge < -0.3 is 0 Å². The maximum atomic E-state index is 9.97. The second kappa shape index (κ2) is 11.5. The Bertz CT molecular complexity index is 2370. The fourth-order valence-electron chi connectivity index (χ4n) is 5.07. The van der Waals surface area contributed by atoms with Gasteiger partial charge in [0.05, 0.1) is 53.4 Å². The SMILES string of the molecule is [C-]#[N+]/C(=C\c1ccc(-c2ccc(-c3ccc(/C=C(\C#N)c4cccc5nsnc45)s3)c3nsnc23)s1)c1cccc2nsnc12. The summed E-state index contributed by atoms with van der Waals surface area (Å²) in [6.45, 7) is 7.83. The highest BCUT2D eigenvalue weighted by atomic mass is 32.1.